The maximum Gasteiger partial charge on any atom is 0.326 e. The Bertz CT molecular complexity index is 541. The number of carboxylic acid groups (broad SMARTS) is 1. The van der Waals surface area contributed by atoms with Crippen molar-refractivity contribution in [2.45, 2.75) is 18.9 Å². The lowest BCUT2D eigenvalue weighted by atomic mass is 10.2. The molecule has 0 bridgehead atoms. The summed E-state index contributed by atoms with van der Waals surface area (Å²) in [5, 5.41) is 11.5. The molecule has 2 rings (SSSR count). The minimum Gasteiger partial charge on any atom is -0.480 e. The van der Waals surface area contributed by atoms with Crippen LogP contribution in [0.3, 0.4) is 0 Å². The summed E-state index contributed by atoms with van der Waals surface area (Å²) in [6.07, 6.45) is 2.43. The summed E-state index contributed by atoms with van der Waals surface area (Å²) >= 11 is 0. The van der Waals surface area contributed by atoms with Gasteiger partial charge in [0, 0.05) is 19.8 Å². The lowest BCUT2D eigenvalue weighted by molar-refractivity contribution is -0.141. The van der Waals surface area contributed by atoms with Gasteiger partial charge in [-0.2, -0.15) is 0 Å². The molecule has 7 nitrogen and oxygen atoms in total. The second kappa shape index (κ2) is 5.68. The zero-order valence-electron chi connectivity index (χ0n) is 11.0. The molecule has 1 aliphatic heterocycles. The fourth-order valence-electron chi connectivity index (χ4n) is 2.22. The lowest BCUT2D eigenvalue weighted by Crippen LogP contribution is -2.40. The van der Waals surface area contributed by atoms with E-state index in [1.54, 1.807) is 0 Å². The second-order valence-corrected chi connectivity index (χ2v) is 4.51. The molecule has 1 atom stereocenters. The van der Waals surface area contributed by atoms with E-state index in [1.165, 1.54) is 30.3 Å². The van der Waals surface area contributed by atoms with Crippen LogP contribution in [0, 0.1) is 0 Å². The Morgan fingerprint density at radius 1 is 1.40 bits per heavy atom. The van der Waals surface area contributed by atoms with Crippen molar-refractivity contribution in [3.8, 4) is 0 Å². The molecule has 1 aromatic rings. The van der Waals surface area contributed by atoms with Crippen LogP contribution in [0.2, 0.25) is 0 Å². The normalized spacial score (nSPS) is 17.9. The van der Waals surface area contributed by atoms with Gasteiger partial charge in [-0.3, -0.25) is 14.6 Å². The van der Waals surface area contributed by atoms with Crippen LogP contribution < -0.4 is 5.32 Å². The highest BCUT2D eigenvalue weighted by Gasteiger charge is 2.34. The molecule has 7 heteroatoms. The Hall–Kier alpha value is -2.44. The molecule has 0 spiro atoms. The van der Waals surface area contributed by atoms with Crippen molar-refractivity contribution in [3.63, 3.8) is 0 Å². The van der Waals surface area contributed by atoms with Crippen molar-refractivity contribution in [2.24, 2.45) is 0 Å². The van der Waals surface area contributed by atoms with E-state index in [-0.39, 0.29) is 23.1 Å². The number of carbonyl (C=O) groups excluding carboxylic acids is 2. The number of aromatic nitrogens is 1. The topological polar surface area (TPSA) is 99.6 Å². The van der Waals surface area contributed by atoms with E-state index in [2.05, 4.69) is 10.3 Å². The first kappa shape index (κ1) is 14.0. The Balaban J connectivity index is 2.17. The SMILES string of the molecule is CNC(=O)c1ccc(C(=O)N2CCC[C@H]2C(=O)O)cn1. The van der Waals surface area contributed by atoms with Gasteiger partial charge in [0.2, 0.25) is 0 Å². The Morgan fingerprint density at radius 2 is 2.15 bits per heavy atom. The lowest BCUT2D eigenvalue weighted by Gasteiger charge is -2.21. The standard InChI is InChI=1S/C13H15N3O4/c1-14-11(17)9-5-4-8(7-15-9)12(18)16-6-2-3-10(16)13(19)20/h4-5,7,10H,2-3,6H2,1H3,(H,14,17)(H,19,20)/t10-/m0/s1. The number of hydrogen-bond acceptors (Lipinski definition) is 4. The predicted octanol–water partition coefficient (Wildman–Crippen LogP) is 0.130. The van der Waals surface area contributed by atoms with Crippen molar-refractivity contribution < 1.29 is 19.5 Å². The molecular formula is C13H15N3O4. The molecule has 0 unspecified atom stereocenters. The maximum atomic E-state index is 12.2. The Kier molecular flexibility index (Phi) is 3.97. The van der Waals surface area contributed by atoms with Crippen molar-refractivity contribution in [1.82, 2.24) is 15.2 Å². The average molecular weight is 277 g/mol. The molecule has 0 aromatic carbocycles. The van der Waals surface area contributed by atoms with Crippen LogP contribution in [0.4, 0.5) is 0 Å². The quantitative estimate of drug-likeness (QED) is 0.818. The molecule has 1 saturated heterocycles. The predicted molar refractivity (Wildman–Crippen MR) is 69.3 cm³/mol. The minimum atomic E-state index is -0.995. The van der Waals surface area contributed by atoms with Gasteiger partial charge in [-0.05, 0) is 25.0 Å². The average Bonchev–Trinajstić information content (AvgIpc) is 2.95. The third-order valence-electron chi connectivity index (χ3n) is 3.27. The zero-order chi connectivity index (χ0) is 14.7. The van der Waals surface area contributed by atoms with E-state index in [4.69, 9.17) is 5.11 Å². The van der Waals surface area contributed by atoms with Gasteiger partial charge in [-0.25, -0.2) is 4.79 Å². The molecular weight excluding hydrogens is 262 g/mol. The number of amides is 2. The van der Waals surface area contributed by atoms with Gasteiger partial charge in [0.05, 0.1) is 5.56 Å². The van der Waals surface area contributed by atoms with Gasteiger partial charge >= 0.3 is 5.97 Å². The summed E-state index contributed by atoms with van der Waals surface area (Å²) in [4.78, 5) is 39.9. The molecule has 2 amide bonds. The van der Waals surface area contributed by atoms with Crippen LogP contribution in [0.15, 0.2) is 18.3 Å². The van der Waals surface area contributed by atoms with Gasteiger partial charge in [0.25, 0.3) is 11.8 Å². The molecule has 1 aliphatic rings. The molecule has 0 radical (unpaired) electrons. The monoisotopic (exact) mass is 277 g/mol. The summed E-state index contributed by atoms with van der Waals surface area (Å²) in [5.74, 6) is -1.70. The van der Waals surface area contributed by atoms with Crippen molar-refractivity contribution >= 4 is 17.8 Å². The van der Waals surface area contributed by atoms with Crippen LogP contribution in [0.25, 0.3) is 0 Å². The molecule has 2 N–H and O–H groups in total. The van der Waals surface area contributed by atoms with E-state index >= 15 is 0 Å². The highest BCUT2D eigenvalue weighted by molar-refractivity contribution is 5.98. The molecule has 106 valence electrons. The molecule has 2 heterocycles. The maximum absolute atomic E-state index is 12.2. The van der Waals surface area contributed by atoms with E-state index in [1.807, 2.05) is 0 Å². The van der Waals surface area contributed by atoms with Gasteiger partial charge < -0.3 is 15.3 Å². The third-order valence-corrected chi connectivity index (χ3v) is 3.27. The summed E-state index contributed by atoms with van der Waals surface area (Å²) < 4.78 is 0. The van der Waals surface area contributed by atoms with Gasteiger partial charge in [0.1, 0.15) is 11.7 Å². The molecule has 1 aromatic heterocycles. The van der Waals surface area contributed by atoms with Crippen LogP contribution in [0.1, 0.15) is 33.7 Å². The van der Waals surface area contributed by atoms with Gasteiger partial charge in [-0.15, -0.1) is 0 Å². The highest BCUT2D eigenvalue weighted by Crippen LogP contribution is 2.20. The zero-order valence-corrected chi connectivity index (χ0v) is 11.0. The summed E-state index contributed by atoms with van der Waals surface area (Å²) in [6, 6.07) is 2.15. The summed E-state index contributed by atoms with van der Waals surface area (Å²) in [7, 11) is 1.49. The minimum absolute atomic E-state index is 0.209. The van der Waals surface area contributed by atoms with E-state index in [0.717, 1.165) is 0 Å². The fraction of sp³-hybridized carbons (Fsp3) is 0.385. The fourth-order valence-corrected chi connectivity index (χ4v) is 2.22. The number of nitrogens with one attached hydrogen (secondary N) is 1. The molecule has 0 aliphatic carbocycles. The van der Waals surface area contributed by atoms with Gasteiger partial charge in [-0.1, -0.05) is 0 Å². The number of nitrogens with zero attached hydrogens (tertiary/aromatic N) is 2. The van der Waals surface area contributed by atoms with Gasteiger partial charge in [0.15, 0.2) is 0 Å². The van der Waals surface area contributed by atoms with Crippen LogP contribution in [-0.4, -0.2) is 52.4 Å². The molecule has 20 heavy (non-hydrogen) atoms. The first-order valence-corrected chi connectivity index (χ1v) is 6.26. The van der Waals surface area contributed by atoms with Crippen LogP contribution in [0.5, 0.6) is 0 Å². The number of rotatable bonds is 3. The molecule has 0 saturated carbocycles. The van der Waals surface area contributed by atoms with E-state index < -0.39 is 12.0 Å². The summed E-state index contributed by atoms with van der Waals surface area (Å²) in [5.41, 5.74) is 0.492. The van der Waals surface area contributed by atoms with E-state index in [0.29, 0.717) is 19.4 Å². The first-order valence-electron chi connectivity index (χ1n) is 6.26. The first-order chi connectivity index (χ1) is 9.54. The van der Waals surface area contributed by atoms with Crippen molar-refractivity contribution in [3.05, 3.63) is 29.6 Å². The Morgan fingerprint density at radius 3 is 2.70 bits per heavy atom. The van der Waals surface area contributed by atoms with Crippen molar-refractivity contribution in [1.29, 1.82) is 0 Å². The smallest absolute Gasteiger partial charge is 0.326 e. The number of carbonyl (C=O) groups is 3. The van der Waals surface area contributed by atoms with Crippen LogP contribution in [-0.2, 0) is 4.79 Å². The Labute approximate surface area is 115 Å². The number of pyridine rings is 1. The van der Waals surface area contributed by atoms with Crippen molar-refractivity contribution in [2.75, 3.05) is 13.6 Å². The number of hydrogen-bond donors (Lipinski definition) is 2. The highest BCUT2D eigenvalue weighted by atomic mass is 16.4. The van der Waals surface area contributed by atoms with Crippen LogP contribution >= 0.6 is 0 Å². The largest absolute Gasteiger partial charge is 0.480 e. The summed E-state index contributed by atoms with van der Waals surface area (Å²) in [6.45, 7) is 0.424. The number of aliphatic carboxylic acids is 1. The number of carboxylic acids is 1. The molecule has 1 fully saturated rings. The third kappa shape index (κ3) is 2.61. The van der Waals surface area contributed by atoms with E-state index in [9.17, 15) is 14.4 Å². The second-order valence-electron chi connectivity index (χ2n) is 4.51. The number of likely N-dealkylation sites (tertiary alicyclic amines) is 1.